The highest BCUT2D eigenvalue weighted by molar-refractivity contribution is 5.23. The highest BCUT2D eigenvalue weighted by Gasteiger charge is 2.12. The van der Waals surface area contributed by atoms with E-state index in [1.165, 1.54) is 5.56 Å². The van der Waals surface area contributed by atoms with Crippen molar-refractivity contribution in [2.24, 2.45) is 0 Å². The van der Waals surface area contributed by atoms with Crippen LogP contribution in [0.5, 0.6) is 0 Å². The molecule has 0 unspecified atom stereocenters. The lowest BCUT2D eigenvalue weighted by molar-refractivity contribution is 0.378. The van der Waals surface area contributed by atoms with Crippen LogP contribution in [0.15, 0.2) is 16.7 Å². The molecule has 0 spiro atoms. The van der Waals surface area contributed by atoms with Crippen molar-refractivity contribution >= 4 is 0 Å². The van der Waals surface area contributed by atoms with Crippen molar-refractivity contribution < 1.29 is 4.52 Å². The first kappa shape index (κ1) is 7.59. The fraction of sp³-hybridized carbons (Fsp3) is 0.500. The van der Waals surface area contributed by atoms with Crippen LogP contribution in [0.1, 0.15) is 29.9 Å². The Balaban J connectivity index is 2.31. The van der Waals surface area contributed by atoms with Gasteiger partial charge in [-0.2, -0.15) is 0 Å². The van der Waals surface area contributed by atoms with Gasteiger partial charge < -0.3 is 4.52 Å². The van der Waals surface area contributed by atoms with Gasteiger partial charge in [0, 0.05) is 12.0 Å². The number of aromatic nitrogens is 1. The molecule has 0 amide bonds. The van der Waals surface area contributed by atoms with E-state index in [9.17, 15) is 0 Å². The van der Waals surface area contributed by atoms with Crippen LogP contribution >= 0.6 is 0 Å². The van der Waals surface area contributed by atoms with Crippen LogP contribution in [0.4, 0.5) is 0 Å². The predicted molar refractivity (Wildman–Crippen MR) is 47.0 cm³/mol. The summed E-state index contributed by atoms with van der Waals surface area (Å²) in [6, 6.07) is 0. The molecule has 0 atom stereocenters. The molecule has 1 aliphatic carbocycles. The second kappa shape index (κ2) is 3.13. The largest absolute Gasteiger partial charge is 0.361 e. The van der Waals surface area contributed by atoms with Crippen molar-refractivity contribution in [2.75, 3.05) is 0 Å². The van der Waals surface area contributed by atoms with E-state index in [0.717, 1.165) is 37.1 Å². The first-order chi connectivity index (χ1) is 5.88. The third-order valence-electron chi connectivity index (χ3n) is 2.33. The van der Waals surface area contributed by atoms with E-state index in [2.05, 4.69) is 17.3 Å². The van der Waals surface area contributed by atoms with Gasteiger partial charge in [-0.15, -0.1) is 0 Å². The molecular formula is C10H13NO. The van der Waals surface area contributed by atoms with Crippen LogP contribution in [0.2, 0.25) is 0 Å². The number of hydrogen-bond donors (Lipinski definition) is 0. The topological polar surface area (TPSA) is 26.0 Å². The van der Waals surface area contributed by atoms with E-state index in [-0.39, 0.29) is 0 Å². The SMILES string of the molecule is Cc1noc2c1CCC=CCC2. The molecule has 0 saturated carbocycles. The summed E-state index contributed by atoms with van der Waals surface area (Å²) in [5.74, 6) is 1.09. The molecule has 0 saturated heterocycles. The smallest absolute Gasteiger partial charge is 0.140 e. The number of allylic oxidation sites excluding steroid dienone is 2. The van der Waals surface area contributed by atoms with Crippen LogP contribution in [0, 0.1) is 6.92 Å². The summed E-state index contributed by atoms with van der Waals surface area (Å²) in [5.41, 5.74) is 2.40. The molecule has 1 heterocycles. The average molecular weight is 163 g/mol. The van der Waals surface area contributed by atoms with Gasteiger partial charge in [0.15, 0.2) is 0 Å². The minimum Gasteiger partial charge on any atom is -0.361 e. The molecule has 0 aliphatic heterocycles. The Morgan fingerprint density at radius 3 is 2.83 bits per heavy atom. The van der Waals surface area contributed by atoms with Gasteiger partial charge in [0.25, 0.3) is 0 Å². The molecule has 1 aromatic rings. The van der Waals surface area contributed by atoms with E-state index >= 15 is 0 Å². The Labute approximate surface area is 72.3 Å². The molecule has 0 aromatic carbocycles. The standard InChI is InChI=1S/C10H13NO/c1-8-9-6-4-2-3-5-7-10(9)12-11-8/h2-3H,4-7H2,1H3. The van der Waals surface area contributed by atoms with Gasteiger partial charge in [0.1, 0.15) is 5.76 Å². The van der Waals surface area contributed by atoms with E-state index in [4.69, 9.17) is 4.52 Å². The van der Waals surface area contributed by atoms with Gasteiger partial charge in [-0.1, -0.05) is 17.3 Å². The fourth-order valence-electron chi connectivity index (χ4n) is 1.63. The van der Waals surface area contributed by atoms with Crippen LogP contribution in [0.3, 0.4) is 0 Å². The molecule has 1 aliphatic rings. The van der Waals surface area contributed by atoms with Gasteiger partial charge in [-0.05, 0) is 26.2 Å². The molecule has 2 heteroatoms. The monoisotopic (exact) mass is 163 g/mol. The Bertz CT molecular complexity index is 299. The summed E-state index contributed by atoms with van der Waals surface area (Å²) < 4.78 is 5.24. The zero-order valence-electron chi connectivity index (χ0n) is 7.34. The van der Waals surface area contributed by atoms with E-state index in [1.54, 1.807) is 0 Å². The quantitative estimate of drug-likeness (QED) is 0.549. The lowest BCUT2D eigenvalue weighted by atomic mass is 10.0. The summed E-state index contributed by atoms with van der Waals surface area (Å²) in [6.45, 7) is 2.02. The second-order valence-corrected chi connectivity index (χ2v) is 3.22. The minimum absolute atomic E-state index is 1.01. The maximum absolute atomic E-state index is 5.24. The van der Waals surface area contributed by atoms with Gasteiger partial charge in [-0.25, -0.2) is 0 Å². The molecule has 0 N–H and O–H groups in total. The number of hydrogen-bond acceptors (Lipinski definition) is 2. The van der Waals surface area contributed by atoms with E-state index < -0.39 is 0 Å². The van der Waals surface area contributed by atoms with Gasteiger partial charge >= 0.3 is 0 Å². The first-order valence-electron chi connectivity index (χ1n) is 4.47. The molecule has 2 rings (SSSR count). The van der Waals surface area contributed by atoms with Crippen molar-refractivity contribution in [2.45, 2.75) is 32.6 Å². The van der Waals surface area contributed by atoms with Gasteiger partial charge in [-0.3, -0.25) is 0 Å². The average Bonchev–Trinajstić information content (AvgIpc) is 2.31. The summed E-state index contributed by atoms with van der Waals surface area (Å²) >= 11 is 0. The van der Waals surface area contributed by atoms with Crippen LogP contribution < -0.4 is 0 Å². The summed E-state index contributed by atoms with van der Waals surface area (Å²) in [4.78, 5) is 0. The van der Waals surface area contributed by atoms with E-state index in [1.807, 2.05) is 6.92 Å². The lowest BCUT2D eigenvalue weighted by Crippen LogP contribution is -1.93. The zero-order valence-corrected chi connectivity index (χ0v) is 7.34. The Morgan fingerprint density at radius 1 is 1.25 bits per heavy atom. The molecule has 0 radical (unpaired) electrons. The van der Waals surface area contributed by atoms with Crippen molar-refractivity contribution in [1.82, 2.24) is 5.16 Å². The van der Waals surface area contributed by atoms with Crippen molar-refractivity contribution in [3.05, 3.63) is 29.2 Å². The molecule has 2 nitrogen and oxygen atoms in total. The van der Waals surface area contributed by atoms with Crippen LogP contribution in [-0.2, 0) is 12.8 Å². The highest BCUT2D eigenvalue weighted by Crippen LogP contribution is 2.19. The molecule has 0 bridgehead atoms. The predicted octanol–water partition coefficient (Wildman–Crippen LogP) is 2.42. The lowest BCUT2D eigenvalue weighted by Gasteiger charge is -2.02. The van der Waals surface area contributed by atoms with Crippen LogP contribution in [-0.4, -0.2) is 5.16 Å². The Kier molecular flexibility index (Phi) is 1.98. The molecule has 64 valence electrons. The van der Waals surface area contributed by atoms with Crippen LogP contribution in [0.25, 0.3) is 0 Å². The van der Waals surface area contributed by atoms with E-state index in [0.29, 0.717) is 0 Å². The van der Waals surface area contributed by atoms with Crippen molar-refractivity contribution in [3.63, 3.8) is 0 Å². The molecule has 12 heavy (non-hydrogen) atoms. The molecular weight excluding hydrogens is 150 g/mol. The zero-order chi connectivity index (χ0) is 8.39. The minimum atomic E-state index is 1.01. The molecule has 0 fully saturated rings. The molecule has 1 aromatic heterocycles. The number of fused-ring (bicyclic) bond motifs is 1. The number of aryl methyl sites for hydroxylation is 2. The Morgan fingerprint density at radius 2 is 2.00 bits per heavy atom. The number of rotatable bonds is 0. The fourth-order valence-corrected chi connectivity index (χ4v) is 1.63. The number of nitrogens with zero attached hydrogens (tertiary/aromatic N) is 1. The highest BCUT2D eigenvalue weighted by atomic mass is 16.5. The summed E-state index contributed by atoms with van der Waals surface area (Å²) in [7, 11) is 0. The van der Waals surface area contributed by atoms with Gasteiger partial charge in [0.05, 0.1) is 5.69 Å². The van der Waals surface area contributed by atoms with Crippen molar-refractivity contribution in [1.29, 1.82) is 0 Å². The van der Waals surface area contributed by atoms with Gasteiger partial charge in [0.2, 0.25) is 0 Å². The Hall–Kier alpha value is -1.05. The normalized spacial score (nSPS) is 16.8. The third kappa shape index (κ3) is 1.29. The first-order valence-corrected chi connectivity index (χ1v) is 4.47. The maximum Gasteiger partial charge on any atom is 0.140 e. The third-order valence-corrected chi connectivity index (χ3v) is 2.33. The van der Waals surface area contributed by atoms with Crippen molar-refractivity contribution in [3.8, 4) is 0 Å². The maximum atomic E-state index is 5.24. The summed E-state index contributed by atoms with van der Waals surface area (Å²) in [5, 5.41) is 3.98. The second-order valence-electron chi connectivity index (χ2n) is 3.22. The summed E-state index contributed by atoms with van der Waals surface area (Å²) in [6.07, 6.45) is 8.76.